The van der Waals surface area contributed by atoms with Gasteiger partial charge in [0, 0.05) is 15.6 Å². The Balaban J connectivity index is 2.69. The van der Waals surface area contributed by atoms with Gasteiger partial charge in [0.05, 0.1) is 0 Å². The summed E-state index contributed by atoms with van der Waals surface area (Å²) in [4.78, 5) is 0. The Morgan fingerprint density at radius 3 is 2.56 bits per heavy atom. The van der Waals surface area contributed by atoms with Crippen molar-refractivity contribution in [2.45, 2.75) is 33.2 Å². The van der Waals surface area contributed by atoms with Gasteiger partial charge in [0.2, 0.25) is 0 Å². The summed E-state index contributed by atoms with van der Waals surface area (Å²) in [7, 11) is 0. The summed E-state index contributed by atoms with van der Waals surface area (Å²) < 4.78 is 3.78. The highest BCUT2D eigenvalue weighted by atomic mass is 79.9. The fraction of sp³-hybridized carbons (Fsp3) is 0.385. The summed E-state index contributed by atoms with van der Waals surface area (Å²) in [6.07, 6.45) is 0. The first-order valence-corrected chi connectivity index (χ1v) is 6.95. The van der Waals surface area contributed by atoms with Crippen molar-refractivity contribution in [2.24, 2.45) is 0 Å². The molecule has 1 heterocycles. The lowest BCUT2D eigenvalue weighted by atomic mass is 10.1. The van der Waals surface area contributed by atoms with Gasteiger partial charge in [-0.05, 0) is 63.7 Å². The average Bonchev–Trinajstić information content (AvgIpc) is 2.59. The van der Waals surface area contributed by atoms with E-state index in [0.717, 1.165) is 15.9 Å². The molecule has 0 amide bonds. The van der Waals surface area contributed by atoms with Gasteiger partial charge in [0.25, 0.3) is 0 Å². The SMILES string of the molecule is Cc1cc(Br)ccc1-c1n[nH]c(=S)n1C(C)(C)C. The van der Waals surface area contributed by atoms with Crippen molar-refractivity contribution in [3.8, 4) is 11.4 Å². The third kappa shape index (κ3) is 2.42. The van der Waals surface area contributed by atoms with Crippen molar-refractivity contribution in [1.82, 2.24) is 14.8 Å². The number of hydrogen-bond acceptors (Lipinski definition) is 2. The zero-order valence-electron chi connectivity index (χ0n) is 10.9. The number of aromatic amines is 1. The van der Waals surface area contributed by atoms with Crippen LogP contribution in [0.25, 0.3) is 11.4 Å². The van der Waals surface area contributed by atoms with E-state index in [1.807, 2.05) is 6.07 Å². The van der Waals surface area contributed by atoms with E-state index in [2.05, 4.69) is 70.5 Å². The highest BCUT2D eigenvalue weighted by Crippen LogP contribution is 2.28. The Morgan fingerprint density at radius 2 is 2.00 bits per heavy atom. The fourth-order valence-electron chi connectivity index (χ4n) is 1.98. The van der Waals surface area contributed by atoms with Crippen LogP contribution in [0.3, 0.4) is 0 Å². The lowest BCUT2D eigenvalue weighted by Gasteiger charge is -2.23. The Bertz CT molecular complexity index is 634. The van der Waals surface area contributed by atoms with Gasteiger partial charge in [-0.1, -0.05) is 15.9 Å². The molecule has 18 heavy (non-hydrogen) atoms. The van der Waals surface area contributed by atoms with Crippen molar-refractivity contribution in [2.75, 3.05) is 0 Å². The maximum absolute atomic E-state index is 5.33. The van der Waals surface area contributed by atoms with Crippen LogP contribution in [0.4, 0.5) is 0 Å². The van der Waals surface area contributed by atoms with Crippen molar-refractivity contribution in [3.05, 3.63) is 33.0 Å². The molecule has 0 atom stereocenters. The van der Waals surface area contributed by atoms with Gasteiger partial charge in [-0.15, -0.1) is 0 Å². The molecule has 0 unspecified atom stereocenters. The molecule has 0 bridgehead atoms. The lowest BCUT2D eigenvalue weighted by molar-refractivity contribution is 0.395. The van der Waals surface area contributed by atoms with E-state index >= 15 is 0 Å². The van der Waals surface area contributed by atoms with Crippen LogP contribution >= 0.6 is 28.1 Å². The third-order valence-electron chi connectivity index (χ3n) is 2.77. The Morgan fingerprint density at radius 1 is 1.33 bits per heavy atom. The number of nitrogens with zero attached hydrogens (tertiary/aromatic N) is 2. The molecule has 0 spiro atoms. The average molecular weight is 326 g/mol. The number of aryl methyl sites for hydroxylation is 1. The van der Waals surface area contributed by atoms with Gasteiger partial charge in [-0.25, -0.2) is 0 Å². The molecule has 5 heteroatoms. The van der Waals surface area contributed by atoms with E-state index in [-0.39, 0.29) is 5.54 Å². The van der Waals surface area contributed by atoms with E-state index in [0.29, 0.717) is 4.77 Å². The molecule has 0 saturated carbocycles. The first-order chi connectivity index (χ1) is 8.30. The number of aromatic nitrogens is 3. The number of rotatable bonds is 1. The van der Waals surface area contributed by atoms with Crippen LogP contribution in [0.5, 0.6) is 0 Å². The molecular weight excluding hydrogens is 310 g/mol. The molecule has 96 valence electrons. The molecule has 1 aromatic carbocycles. The highest BCUT2D eigenvalue weighted by Gasteiger charge is 2.21. The van der Waals surface area contributed by atoms with Crippen LogP contribution in [-0.4, -0.2) is 14.8 Å². The van der Waals surface area contributed by atoms with Gasteiger partial charge in [0.15, 0.2) is 10.6 Å². The van der Waals surface area contributed by atoms with Crippen LogP contribution < -0.4 is 0 Å². The molecule has 2 aromatic rings. The summed E-state index contributed by atoms with van der Waals surface area (Å²) >= 11 is 8.80. The summed E-state index contributed by atoms with van der Waals surface area (Å²) in [5.74, 6) is 0.887. The highest BCUT2D eigenvalue weighted by molar-refractivity contribution is 9.10. The first kappa shape index (κ1) is 13.5. The van der Waals surface area contributed by atoms with Gasteiger partial charge in [0.1, 0.15) is 0 Å². The molecule has 0 aliphatic carbocycles. The normalized spacial score (nSPS) is 11.8. The third-order valence-corrected chi connectivity index (χ3v) is 3.54. The fourth-order valence-corrected chi connectivity index (χ4v) is 2.86. The predicted octanol–water partition coefficient (Wildman–Crippen LogP) is 4.43. The maximum atomic E-state index is 5.33. The van der Waals surface area contributed by atoms with Gasteiger partial charge in [-0.3, -0.25) is 9.67 Å². The van der Waals surface area contributed by atoms with Crippen molar-refractivity contribution >= 4 is 28.1 Å². The summed E-state index contributed by atoms with van der Waals surface area (Å²) in [5.41, 5.74) is 2.17. The second-order valence-electron chi connectivity index (χ2n) is 5.32. The maximum Gasteiger partial charge on any atom is 0.195 e. The second kappa shape index (κ2) is 4.63. The van der Waals surface area contributed by atoms with E-state index < -0.39 is 0 Å². The first-order valence-electron chi connectivity index (χ1n) is 5.75. The minimum atomic E-state index is -0.0983. The van der Waals surface area contributed by atoms with Crippen molar-refractivity contribution < 1.29 is 0 Å². The topological polar surface area (TPSA) is 33.6 Å². The van der Waals surface area contributed by atoms with Crippen LogP contribution in [-0.2, 0) is 5.54 Å². The molecule has 3 nitrogen and oxygen atoms in total. The molecule has 0 aliphatic heterocycles. The van der Waals surface area contributed by atoms with E-state index in [1.165, 1.54) is 5.56 Å². The van der Waals surface area contributed by atoms with E-state index in [1.54, 1.807) is 0 Å². The number of halogens is 1. The largest absolute Gasteiger partial charge is 0.295 e. The molecule has 2 rings (SSSR count). The summed E-state index contributed by atoms with van der Waals surface area (Å²) in [5, 5.41) is 7.26. The monoisotopic (exact) mass is 325 g/mol. The van der Waals surface area contributed by atoms with E-state index in [4.69, 9.17) is 12.2 Å². The standard InChI is InChI=1S/C13H16BrN3S/c1-8-7-9(14)5-6-10(8)11-15-16-12(18)17(11)13(2,3)4/h5-7H,1-4H3,(H,16,18). The van der Waals surface area contributed by atoms with Gasteiger partial charge >= 0.3 is 0 Å². The Kier molecular flexibility index (Phi) is 3.47. The van der Waals surface area contributed by atoms with Crippen LogP contribution in [0.2, 0.25) is 0 Å². The Labute approximate surface area is 120 Å². The molecule has 0 saturated heterocycles. The van der Waals surface area contributed by atoms with Gasteiger partial charge in [-0.2, -0.15) is 5.10 Å². The number of nitrogens with one attached hydrogen (secondary N) is 1. The van der Waals surface area contributed by atoms with Crippen molar-refractivity contribution in [3.63, 3.8) is 0 Å². The second-order valence-corrected chi connectivity index (χ2v) is 6.62. The zero-order valence-corrected chi connectivity index (χ0v) is 13.3. The number of benzene rings is 1. The minimum Gasteiger partial charge on any atom is -0.295 e. The van der Waals surface area contributed by atoms with Crippen LogP contribution in [0.1, 0.15) is 26.3 Å². The molecule has 1 N–H and O–H groups in total. The summed E-state index contributed by atoms with van der Waals surface area (Å²) in [6.45, 7) is 8.44. The van der Waals surface area contributed by atoms with Crippen molar-refractivity contribution in [1.29, 1.82) is 0 Å². The molecular formula is C13H16BrN3S. The zero-order chi connectivity index (χ0) is 13.5. The number of hydrogen-bond donors (Lipinski definition) is 1. The quantitative estimate of drug-likeness (QED) is 0.786. The van der Waals surface area contributed by atoms with E-state index in [9.17, 15) is 0 Å². The molecule has 0 fully saturated rings. The lowest BCUT2D eigenvalue weighted by Crippen LogP contribution is -2.23. The Hall–Kier alpha value is -0.940. The minimum absolute atomic E-state index is 0.0983. The summed E-state index contributed by atoms with van der Waals surface area (Å²) in [6, 6.07) is 6.17. The predicted molar refractivity (Wildman–Crippen MR) is 80.3 cm³/mol. The molecule has 1 aromatic heterocycles. The van der Waals surface area contributed by atoms with Gasteiger partial charge < -0.3 is 0 Å². The van der Waals surface area contributed by atoms with Crippen LogP contribution in [0.15, 0.2) is 22.7 Å². The number of H-pyrrole nitrogens is 1. The molecule has 0 aliphatic rings. The smallest absolute Gasteiger partial charge is 0.195 e. The van der Waals surface area contributed by atoms with Crippen LogP contribution in [0, 0.1) is 11.7 Å². The molecule has 0 radical (unpaired) electrons.